The third-order valence-corrected chi connectivity index (χ3v) is 3.75. The fourth-order valence-electron chi connectivity index (χ4n) is 2.52. The number of rotatable bonds is 5. The van der Waals surface area contributed by atoms with Crippen molar-refractivity contribution in [1.29, 1.82) is 5.26 Å². The Morgan fingerprint density at radius 2 is 2.00 bits per heavy atom. The van der Waals surface area contributed by atoms with E-state index >= 15 is 0 Å². The number of anilines is 1. The van der Waals surface area contributed by atoms with Crippen LogP contribution in [0.15, 0.2) is 42.5 Å². The average molecular weight is 294 g/mol. The molecule has 1 aliphatic heterocycles. The molecule has 22 heavy (non-hydrogen) atoms. The number of ether oxygens (including phenoxy) is 2. The van der Waals surface area contributed by atoms with Gasteiger partial charge in [-0.2, -0.15) is 5.26 Å². The molecule has 2 aromatic rings. The number of aryl methyl sites for hydroxylation is 1. The number of nitriles is 1. The van der Waals surface area contributed by atoms with Gasteiger partial charge in [-0.25, -0.2) is 0 Å². The van der Waals surface area contributed by atoms with Crippen LogP contribution < -0.4 is 14.8 Å². The lowest BCUT2D eigenvalue weighted by Gasteiger charge is -2.16. The number of hydrogen-bond acceptors (Lipinski definition) is 4. The molecule has 1 unspecified atom stereocenters. The highest BCUT2D eigenvalue weighted by molar-refractivity contribution is 5.57. The molecule has 1 heterocycles. The third kappa shape index (κ3) is 3.15. The van der Waals surface area contributed by atoms with E-state index in [1.807, 2.05) is 36.4 Å². The molecule has 1 atom stereocenters. The molecule has 112 valence electrons. The van der Waals surface area contributed by atoms with Gasteiger partial charge in [0, 0.05) is 6.04 Å². The molecule has 0 spiro atoms. The minimum atomic E-state index is 0.278. The number of para-hydroxylation sites is 1. The molecule has 0 amide bonds. The van der Waals surface area contributed by atoms with E-state index in [0.717, 1.165) is 30.0 Å². The highest BCUT2D eigenvalue weighted by Crippen LogP contribution is 2.32. The zero-order chi connectivity index (χ0) is 15.4. The van der Waals surface area contributed by atoms with Gasteiger partial charge in [-0.3, -0.25) is 0 Å². The lowest BCUT2D eigenvalue weighted by Crippen LogP contribution is -2.16. The number of nitrogens with one attached hydrogen (secondary N) is 1. The fourth-order valence-corrected chi connectivity index (χ4v) is 2.52. The van der Waals surface area contributed by atoms with Crippen LogP contribution in [0.1, 0.15) is 24.5 Å². The van der Waals surface area contributed by atoms with E-state index < -0.39 is 0 Å². The molecule has 4 nitrogen and oxygen atoms in total. The van der Waals surface area contributed by atoms with E-state index in [-0.39, 0.29) is 6.04 Å². The summed E-state index contributed by atoms with van der Waals surface area (Å²) in [6, 6.07) is 16.1. The Balaban J connectivity index is 1.58. The first-order valence-electron chi connectivity index (χ1n) is 7.40. The lowest BCUT2D eigenvalue weighted by molar-refractivity contribution is 0.174. The van der Waals surface area contributed by atoms with Crippen molar-refractivity contribution in [3.63, 3.8) is 0 Å². The number of hydrogen-bond donors (Lipinski definition) is 1. The average Bonchev–Trinajstić information content (AvgIpc) is 3.01. The Morgan fingerprint density at radius 1 is 1.18 bits per heavy atom. The topological polar surface area (TPSA) is 54.3 Å². The molecular formula is C18H18N2O2. The van der Waals surface area contributed by atoms with E-state index in [2.05, 4.69) is 24.4 Å². The number of fused-ring (bicyclic) bond motifs is 1. The van der Waals surface area contributed by atoms with Crippen molar-refractivity contribution in [2.24, 2.45) is 0 Å². The first kappa shape index (κ1) is 14.3. The molecule has 0 fully saturated rings. The molecule has 1 N–H and O–H groups in total. The van der Waals surface area contributed by atoms with Gasteiger partial charge >= 0.3 is 0 Å². The Hall–Kier alpha value is -2.67. The molecule has 0 saturated carbocycles. The quantitative estimate of drug-likeness (QED) is 0.913. The van der Waals surface area contributed by atoms with Crippen molar-refractivity contribution in [2.45, 2.75) is 25.8 Å². The Bertz CT molecular complexity index is 706. The Morgan fingerprint density at radius 3 is 2.86 bits per heavy atom. The summed E-state index contributed by atoms with van der Waals surface area (Å²) in [4.78, 5) is 0. The van der Waals surface area contributed by atoms with Gasteiger partial charge in [0.1, 0.15) is 6.07 Å². The van der Waals surface area contributed by atoms with Gasteiger partial charge in [-0.1, -0.05) is 18.2 Å². The molecule has 2 aromatic carbocycles. The summed E-state index contributed by atoms with van der Waals surface area (Å²) in [5, 5.41) is 12.5. The van der Waals surface area contributed by atoms with Gasteiger partial charge in [0.05, 0.1) is 11.3 Å². The zero-order valence-corrected chi connectivity index (χ0v) is 12.5. The maximum Gasteiger partial charge on any atom is 0.231 e. The largest absolute Gasteiger partial charge is 0.454 e. The normalized spacial score (nSPS) is 13.5. The van der Waals surface area contributed by atoms with E-state index in [1.54, 1.807) is 0 Å². The molecule has 0 aromatic heterocycles. The van der Waals surface area contributed by atoms with Crippen LogP contribution in [0.3, 0.4) is 0 Å². The van der Waals surface area contributed by atoms with Gasteiger partial charge in [0.2, 0.25) is 6.79 Å². The summed E-state index contributed by atoms with van der Waals surface area (Å²) >= 11 is 0. The van der Waals surface area contributed by atoms with Gasteiger partial charge < -0.3 is 14.8 Å². The van der Waals surface area contributed by atoms with E-state index in [9.17, 15) is 0 Å². The predicted octanol–water partition coefficient (Wildman–Crippen LogP) is 3.72. The van der Waals surface area contributed by atoms with Crippen molar-refractivity contribution >= 4 is 5.69 Å². The molecule has 0 aliphatic carbocycles. The Kier molecular flexibility index (Phi) is 4.15. The molecule has 0 radical (unpaired) electrons. The lowest BCUT2D eigenvalue weighted by atomic mass is 10.0. The van der Waals surface area contributed by atoms with Crippen molar-refractivity contribution in [1.82, 2.24) is 0 Å². The van der Waals surface area contributed by atoms with E-state index in [4.69, 9.17) is 14.7 Å². The highest BCUT2D eigenvalue weighted by Gasteiger charge is 2.13. The van der Waals surface area contributed by atoms with Gasteiger partial charge in [-0.15, -0.1) is 0 Å². The maximum absolute atomic E-state index is 9.11. The van der Waals surface area contributed by atoms with Gasteiger partial charge in [0.25, 0.3) is 0 Å². The molecular weight excluding hydrogens is 276 g/mol. The van der Waals surface area contributed by atoms with Crippen LogP contribution in [-0.4, -0.2) is 12.8 Å². The summed E-state index contributed by atoms with van der Waals surface area (Å²) < 4.78 is 10.7. The minimum absolute atomic E-state index is 0.278. The van der Waals surface area contributed by atoms with Crippen LogP contribution in [0.2, 0.25) is 0 Å². The summed E-state index contributed by atoms with van der Waals surface area (Å²) in [5.74, 6) is 1.64. The molecule has 0 bridgehead atoms. The summed E-state index contributed by atoms with van der Waals surface area (Å²) in [6.07, 6.45) is 1.92. The van der Waals surface area contributed by atoms with Crippen LogP contribution >= 0.6 is 0 Å². The molecule has 3 rings (SSSR count). The first-order chi connectivity index (χ1) is 10.8. The van der Waals surface area contributed by atoms with Crippen LogP contribution in [0, 0.1) is 11.3 Å². The highest BCUT2D eigenvalue weighted by atomic mass is 16.7. The second-order valence-corrected chi connectivity index (χ2v) is 5.43. The van der Waals surface area contributed by atoms with Crippen LogP contribution in [0.5, 0.6) is 11.5 Å². The minimum Gasteiger partial charge on any atom is -0.454 e. The van der Waals surface area contributed by atoms with Crippen LogP contribution in [-0.2, 0) is 6.42 Å². The smallest absolute Gasteiger partial charge is 0.231 e. The van der Waals surface area contributed by atoms with Crippen molar-refractivity contribution in [3.05, 3.63) is 53.6 Å². The summed E-state index contributed by atoms with van der Waals surface area (Å²) in [5.41, 5.74) is 2.80. The predicted molar refractivity (Wildman–Crippen MR) is 85.1 cm³/mol. The fraction of sp³-hybridized carbons (Fsp3) is 0.278. The molecule has 0 saturated heterocycles. The van der Waals surface area contributed by atoms with Gasteiger partial charge in [0.15, 0.2) is 11.5 Å². The SMILES string of the molecule is CC(CCc1ccc2c(c1)OCO2)Nc1ccccc1C#N. The Labute approximate surface area is 130 Å². The molecule has 4 heteroatoms. The maximum atomic E-state index is 9.11. The van der Waals surface area contributed by atoms with Crippen LogP contribution in [0.4, 0.5) is 5.69 Å². The van der Waals surface area contributed by atoms with Crippen LogP contribution in [0.25, 0.3) is 0 Å². The van der Waals surface area contributed by atoms with E-state index in [0.29, 0.717) is 12.4 Å². The second kappa shape index (κ2) is 6.40. The van der Waals surface area contributed by atoms with Gasteiger partial charge in [-0.05, 0) is 49.6 Å². The number of nitrogens with zero attached hydrogens (tertiary/aromatic N) is 1. The van der Waals surface area contributed by atoms with E-state index in [1.165, 1.54) is 5.56 Å². The summed E-state index contributed by atoms with van der Waals surface area (Å²) in [7, 11) is 0. The zero-order valence-electron chi connectivity index (χ0n) is 12.5. The van der Waals surface area contributed by atoms with Crippen molar-refractivity contribution in [2.75, 3.05) is 12.1 Å². The van der Waals surface area contributed by atoms with Crippen molar-refractivity contribution in [3.8, 4) is 17.6 Å². The summed E-state index contributed by atoms with van der Waals surface area (Å²) in [6.45, 7) is 2.43. The molecule has 1 aliphatic rings. The number of benzene rings is 2. The monoisotopic (exact) mass is 294 g/mol. The second-order valence-electron chi connectivity index (χ2n) is 5.43. The third-order valence-electron chi connectivity index (χ3n) is 3.75. The standard InChI is InChI=1S/C18H18N2O2/c1-13(20-16-5-3-2-4-15(16)11-19)6-7-14-8-9-17-18(10-14)22-12-21-17/h2-5,8-10,13,20H,6-7,12H2,1H3. The first-order valence-corrected chi connectivity index (χ1v) is 7.40. The van der Waals surface area contributed by atoms with Crippen molar-refractivity contribution < 1.29 is 9.47 Å².